The second-order valence-corrected chi connectivity index (χ2v) is 4.75. The van der Waals surface area contributed by atoms with E-state index in [0.29, 0.717) is 6.54 Å². The Bertz CT molecular complexity index is 569. The quantitative estimate of drug-likeness (QED) is 0.768. The number of nitrogens with one attached hydrogen (secondary N) is 1. The molecule has 0 bridgehead atoms. The third-order valence-electron chi connectivity index (χ3n) is 3.22. The van der Waals surface area contributed by atoms with Crippen LogP contribution in [0.5, 0.6) is 0 Å². The van der Waals surface area contributed by atoms with E-state index in [2.05, 4.69) is 36.3 Å². The van der Waals surface area contributed by atoms with Crippen LogP contribution in [0.15, 0.2) is 24.3 Å². The SMILES string of the molecule is CCc1ccc2nc(NCC(O)CO)cc(C)c2c1. The van der Waals surface area contributed by atoms with Gasteiger partial charge >= 0.3 is 0 Å². The number of aryl methyl sites for hydroxylation is 2. The maximum atomic E-state index is 9.33. The first-order valence-electron chi connectivity index (χ1n) is 6.57. The van der Waals surface area contributed by atoms with Gasteiger partial charge in [-0.3, -0.25) is 0 Å². The monoisotopic (exact) mass is 260 g/mol. The molecule has 1 heterocycles. The molecule has 1 unspecified atom stereocenters. The van der Waals surface area contributed by atoms with E-state index in [9.17, 15) is 5.11 Å². The lowest BCUT2D eigenvalue weighted by Gasteiger charge is -2.12. The first kappa shape index (κ1) is 13.8. The number of fused-ring (bicyclic) bond motifs is 1. The van der Waals surface area contributed by atoms with Gasteiger partial charge in [0.15, 0.2) is 0 Å². The molecule has 0 aliphatic heterocycles. The molecule has 0 spiro atoms. The largest absolute Gasteiger partial charge is 0.394 e. The first-order chi connectivity index (χ1) is 9.13. The summed E-state index contributed by atoms with van der Waals surface area (Å²) in [7, 11) is 0. The van der Waals surface area contributed by atoms with E-state index in [0.717, 1.165) is 28.7 Å². The topological polar surface area (TPSA) is 65.4 Å². The van der Waals surface area contributed by atoms with Crippen molar-refractivity contribution < 1.29 is 10.2 Å². The van der Waals surface area contributed by atoms with Crippen molar-refractivity contribution in [3.05, 3.63) is 35.4 Å². The first-order valence-corrected chi connectivity index (χ1v) is 6.57. The Morgan fingerprint density at radius 1 is 1.32 bits per heavy atom. The van der Waals surface area contributed by atoms with Crippen molar-refractivity contribution in [1.29, 1.82) is 0 Å². The maximum absolute atomic E-state index is 9.33. The van der Waals surface area contributed by atoms with Crippen molar-refractivity contribution >= 4 is 16.7 Å². The third-order valence-corrected chi connectivity index (χ3v) is 3.22. The number of aliphatic hydroxyl groups is 2. The summed E-state index contributed by atoms with van der Waals surface area (Å²) in [5, 5.41) is 22.3. The highest BCUT2D eigenvalue weighted by molar-refractivity contribution is 5.84. The second kappa shape index (κ2) is 5.99. The number of nitrogens with zero attached hydrogens (tertiary/aromatic N) is 1. The number of pyridine rings is 1. The molecule has 2 rings (SSSR count). The minimum absolute atomic E-state index is 0.251. The van der Waals surface area contributed by atoms with Crippen molar-refractivity contribution in [2.75, 3.05) is 18.5 Å². The van der Waals surface area contributed by atoms with E-state index >= 15 is 0 Å². The molecule has 0 aliphatic carbocycles. The fraction of sp³-hybridized carbons (Fsp3) is 0.400. The molecular formula is C15H20N2O2. The summed E-state index contributed by atoms with van der Waals surface area (Å²) in [6.45, 7) is 4.23. The van der Waals surface area contributed by atoms with Gasteiger partial charge in [0, 0.05) is 11.9 Å². The molecule has 1 aromatic carbocycles. The number of benzene rings is 1. The number of anilines is 1. The molecule has 0 fully saturated rings. The standard InChI is InChI=1S/C15H20N2O2/c1-3-11-4-5-14-13(7-11)10(2)6-15(17-14)16-8-12(19)9-18/h4-7,12,18-19H,3,8-9H2,1-2H3,(H,16,17). The Hall–Kier alpha value is -1.65. The lowest BCUT2D eigenvalue weighted by Crippen LogP contribution is -2.23. The highest BCUT2D eigenvalue weighted by Crippen LogP contribution is 2.21. The van der Waals surface area contributed by atoms with Gasteiger partial charge in [0.2, 0.25) is 0 Å². The number of hydrogen-bond donors (Lipinski definition) is 3. The molecule has 0 saturated carbocycles. The van der Waals surface area contributed by atoms with Crippen LogP contribution in [-0.2, 0) is 6.42 Å². The summed E-state index contributed by atoms with van der Waals surface area (Å²) < 4.78 is 0. The molecule has 2 aromatic rings. The van der Waals surface area contributed by atoms with Crippen molar-refractivity contribution in [3.8, 4) is 0 Å². The van der Waals surface area contributed by atoms with Crippen molar-refractivity contribution in [3.63, 3.8) is 0 Å². The Kier molecular flexibility index (Phi) is 4.35. The third kappa shape index (κ3) is 3.22. The Morgan fingerprint density at radius 2 is 2.11 bits per heavy atom. The van der Waals surface area contributed by atoms with Crippen LogP contribution in [0.3, 0.4) is 0 Å². The van der Waals surface area contributed by atoms with E-state index in [4.69, 9.17) is 5.11 Å². The lowest BCUT2D eigenvalue weighted by atomic mass is 10.1. The van der Waals surface area contributed by atoms with Crippen LogP contribution in [0.4, 0.5) is 5.82 Å². The van der Waals surface area contributed by atoms with Gasteiger partial charge in [-0.25, -0.2) is 4.98 Å². The Labute approximate surface area is 113 Å². The molecule has 0 aliphatic rings. The predicted molar refractivity (Wildman–Crippen MR) is 77.4 cm³/mol. The summed E-state index contributed by atoms with van der Waals surface area (Å²) >= 11 is 0. The fourth-order valence-electron chi connectivity index (χ4n) is 2.04. The van der Waals surface area contributed by atoms with Crippen molar-refractivity contribution in [2.24, 2.45) is 0 Å². The minimum atomic E-state index is -0.764. The number of aliphatic hydroxyl groups excluding tert-OH is 2. The summed E-state index contributed by atoms with van der Waals surface area (Å²) in [6.07, 6.45) is 0.248. The van der Waals surface area contributed by atoms with Crippen LogP contribution in [0.25, 0.3) is 10.9 Å². The van der Waals surface area contributed by atoms with Gasteiger partial charge in [0.05, 0.1) is 18.2 Å². The van der Waals surface area contributed by atoms with Gasteiger partial charge in [-0.2, -0.15) is 0 Å². The highest BCUT2D eigenvalue weighted by Gasteiger charge is 2.06. The number of hydrogen-bond acceptors (Lipinski definition) is 4. The maximum Gasteiger partial charge on any atom is 0.127 e. The van der Waals surface area contributed by atoms with Gasteiger partial charge in [-0.15, -0.1) is 0 Å². The average Bonchev–Trinajstić information content (AvgIpc) is 2.44. The Balaban J connectivity index is 2.29. The minimum Gasteiger partial charge on any atom is -0.394 e. The molecule has 0 radical (unpaired) electrons. The van der Waals surface area contributed by atoms with E-state index in [1.165, 1.54) is 5.56 Å². The zero-order valence-electron chi connectivity index (χ0n) is 11.3. The van der Waals surface area contributed by atoms with Crippen LogP contribution in [0.1, 0.15) is 18.1 Å². The van der Waals surface area contributed by atoms with Gasteiger partial charge in [0.1, 0.15) is 5.82 Å². The molecule has 1 aromatic heterocycles. The summed E-state index contributed by atoms with van der Waals surface area (Å²) in [5.74, 6) is 0.724. The van der Waals surface area contributed by atoms with Gasteiger partial charge < -0.3 is 15.5 Å². The van der Waals surface area contributed by atoms with Crippen LogP contribution >= 0.6 is 0 Å². The van der Waals surface area contributed by atoms with Gasteiger partial charge in [0.25, 0.3) is 0 Å². The lowest BCUT2D eigenvalue weighted by molar-refractivity contribution is 0.105. The van der Waals surface area contributed by atoms with Crippen LogP contribution in [-0.4, -0.2) is 34.5 Å². The smallest absolute Gasteiger partial charge is 0.127 e. The van der Waals surface area contributed by atoms with Crippen molar-refractivity contribution in [1.82, 2.24) is 4.98 Å². The van der Waals surface area contributed by atoms with Crippen molar-refractivity contribution in [2.45, 2.75) is 26.4 Å². The molecule has 0 amide bonds. The molecule has 19 heavy (non-hydrogen) atoms. The van der Waals surface area contributed by atoms with Crippen LogP contribution in [0.2, 0.25) is 0 Å². The molecule has 1 atom stereocenters. The zero-order chi connectivity index (χ0) is 13.8. The predicted octanol–water partition coefficient (Wildman–Crippen LogP) is 1.87. The van der Waals surface area contributed by atoms with Gasteiger partial charge in [-0.05, 0) is 42.7 Å². The fourth-order valence-corrected chi connectivity index (χ4v) is 2.04. The summed E-state index contributed by atoms with van der Waals surface area (Å²) in [6, 6.07) is 8.24. The van der Waals surface area contributed by atoms with Crippen LogP contribution < -0.4 is 5.32 Å². The molecule has 4 nitrogen and oxygen atoms in total. The second-order valence-electron chi connectivity index (χ2n) is 4.75. The summed E-state index contributed by atoms with van der Waals surface area (Å²) in [4.78, 5) is 4.51. The number of rotatable bonds is 5. The van der Waals surface area contributed by atoms with E-state index in [1.807, 2.05) is 12.1 Å². The molecule has 3 N–H and O–H groups in total. The highest BCUT2D eigenvalue weighted by atomic mass is 16.3. The van der Waals surface area contributed by atoms with E-state index < -0.39 is 6.10 Å². The van der Waals surface area contributed by atoms with Gasteiger partial charge in [-0.1, -0.05) is 13.0 Å². The summed E-state index contributed by atoms with van der Waals surface area (Å²) in [5.41, 5.74) is 3.40. The normalized spacial score (nSPS) is 12.6. The van der Waals surface area contributed by atoms with E-state index in [1.54, 1.807) is 0 Å². The average molecular weight is 260 g/mol. The molecule has 0 saturated heterocycles. The molecule has 4 heteroatoms. The van der Waals surface area contributed by atoms with E-state index in [-0.39, 0.29) is 6.61 Å². The Morgan fingerprint density at radius 3 is 2.79 bits per heavy atom. The number of aromatic nitrogens is 1. The molecule has 102 valence electrons. The van der Waals surface area contributed by atoms with Crippen LogP contribution in [0, 0.1) is 6.92 Å². The molecular weight excluding hydrogens is 240 g/mol. The zero-order valence-corrected chi connectivity index (χ0v) is 11.3.